The van der Waals surface area contributed by atoms with Gasteiger partial charge in [0.25, 0.3) is 0 Å². The molecule has 27 heavy (non-hydrogen) atoms. The van der Waals surface area contributed by atoms with Crippen LogP contribution in [-0.2, 0) is 4.84 Å². The molecule has 0 spiro atoms. The lowest BCUT2D eigenvalue weighted by atomic mass is 9.45. The molecule has 8 atom stereocenters. The lowest BCUT2D eigenvalue weighted by Crippen LogP contribution is -2.57. The summed E-state index contributed by atoms with van der Waals surface area (Å²) in [7, 11) is 0. The Balaban J connectivity index is 1.76. The molecule has 0 aliphatic heterocycles. The second kappa shape index (κ2) is 8.38. The number of aliphatic hydroxyl groups excluding tert-OH is 2. The average molecular weight is 381 g/mol. The molecule has 5 nitrogen and oxygen atoms in total. The van der Waals surface area contributed by atoms with Crippen LogP contribution >= 0.6 is 0 Å². The Kier molecular flexibility index (Phi) is 6.54. The van der Waals surface area contributed by atoms with Gasteiger partial charge in [-0.05, 0) is 73.5 Å². The molecule has 0 aromatic carbocycles. The minimum atomic E-state index is -0.344. The van der Waals surface area contributed by atoms with E-state index in [-0.39, 0.29) is 29.0 Å². The van der Waals surface area contributed by atoms with Gasteiger partial charge >= 0.3 is 0 Å². The zero-order valence-corrected chi connectivity index (χ0v) is 17.4. The van der Waals surface area contributed by atoms with E-state index in [1.54, 1.807) is 6.21 Å². The molecule has 3 fully saturated rings. The molecule has 0 aromatic rings. The zero-order valence-electron chi connectivity index (χ0n) is 17.4. The predicted octanol–water partition coefficient (Wildman–Crippen LogP) is 3.33. The molecule has 0 bridgehead atoms. The van der Waals surface area contributed by atoms with Crippen LogP contribution in [0.1, 0.15) is 72.1 Å². The Morgan fingerprint density at radius 2 is 2.00 bits per heavy atom. The number of oxime groups is 1. The van der Waals surface area contributed by atoms with Crippen LogP contribution in [0.2, 0.25) is 0 Å². The third-order valence-electron chi connectivity index (χ3n) is 8.34. The third-order valence-corrected chi connectivity index (χ3v) is 8.34. The molecule has 4 N–H and O–H groups in total. The number of aliphatic hydroxyl groups is 2. The molecule has 0 heterocycles. The smallest absolute Gasteiger partial charge is 0.129 e. The summed E-state index contributed by atoms with van der Waals surface area (Å²) in [6.45, 7) is 7.79. The molecule has 156 valence electrons. The van der Waals surface area contributed by atoms with Crippen LogP contribution in [0.5, 0.6) is 0 Å². The molecule has 0 amide bonds. The fourth-order valence-corrected chi connectivity index (χ4v) is 6.83. The monoisotopic (exact) mass is 380 g/mol. The highest BCUT2D eigenvalue weighted by Gasteiger charge is 2.57. The van der Waals surface area contributed by atoms with E-state index in [1.807, 2.05) is 0 Å². The van der Waals surface area contributed by atoms with Crippen molar-refractivity contribution in [1.29, 1.82) is 0 Å². The van der Waals surface area contributed by atoms with E-state index in [2.05, 4.69) is 25.9 Å². The van der Waals surface area contributed by atoms with Gasteiger partial charge in [-0.2, -0.15) is 0 Å². The van der Waals surface area contributed by atoms with Crippen molar-refractivity contribution in [1.82, 2.24) is 0 Å². The minimum absolute atomic E-state index is 0.0314. The largest absolute Gasteiger partial charge is 0.395 e. The van der Waals surface area contributed by atoms with Gasteiger partial charge in [0, 0.05) is 18.7 Å². The van der Waals surface area contributed by atoms with Gasteiger partial charge in [-0.25, -0.2) is 0 Å². The van der Waals surface area contributed by atoms with Gasteiger partial charge in [0.2, 0.25) is 0 Å². The SMILES string of the molecule is CCC[C@@]1(C)CC[C@H]2[C@@H](CC[C@@H]3C[C@@H](O)C(/C=N/OCCN)C[C@@]32C)[C@@H]1O. The summed E-state index contributed by atoms with van der Waals surface area (Å²) in [5.74, 6) is 1.53. The quantitative estimate of drug-likeness (QED) is 0.375. The van der Waals surface area contributed by atoms with Gasteiger partial charge < -0.3 is 20.8 Å². The van der Waals surface area contributed by atoms with E-state index in [0.717, 1.165) is 44.9 Å². The van der Waals surface area contributed by atoms with Crippen LogP contribution < -0.4 is 5.73 Å². The van der Waals surface area contributed by atoms with Gasteiger partial charge in [-0.3, -0.25) is 0 Å². The topological polar surface area (TPSA) is 88.1 Å². The molecule has 1 unspecified atom stereocenters. The zero-order chi connectivity index (χ0) is 19.7. The van der Waals surface area contributed by atoms with Crippen molar-refractivity contribution >= 4 is 6.21 Å². The lowest BCUT2D eigenvalue weighted by molar-refractivity contribution is -0.162. The van der Waals surface area contributed by atoms with Crippen molar-refractivity contribution in [2.75, 3.05) is 13.2 Å². The Hall–Kier alpha value is -0.650. The number of nitrogens with zero attached hydrogens (tertiary/aromatic N) is 1. The van der Waals surface area contributed by atoms with Crippen LogP contribution in [0.15, 0.2) is 5.16 Å². The van der Waals surface area contributed by atoms with Gasteiger partial charge in [0.1, 0.15) is 6.61 Å². The van der Waals surface area contributed by atoms with E-state index in [4.69, 9.17) is 10.6 Å². The first-order valence-corrected chi connectivity index (χ1v) is 11.1. The Labute approximate surface area is 164 Å². The maximum atomic E-state index is 11.3. The fraction of sp³-hybridized carbons (Fsp3) is 0.955. The highest BCUT2D eigenvalue weighted by atomic mass is 16.6. The summed E-state index contributed by atoms with van der Waals surface area (Å²) in [6, 6.07) is 0. The van der Waals surface area contributed by atoms with Crippen molar-refractivity contribution in [3.63, 3.8) is 0 Å². The van der Waals surface area contributed by atoms with Crippen LogP contribution in [-0.4, -0.2) is 41.8 Å². The lowest BCUT2D eigenvalue weighted by Gasteiger charge is -2.61. The Bertz CT molecular complexity index is 528. The van der Waals surface area contributed by atoms with E-state index in [1.165, 1.54) is 6.42 Å². The first-order valence-electron chi connectivity index (χ1n) is 11.1. The molecule has 0 radical (unpaired) electrons. The van der Waals surface area contributed by atoms with Gasteiger partial charge in [-0.1, -0.05) is 32.3 Å². The number of hydrogen-bond donors (Lipinski definition) is 3. The summed E-state index contributed by atoms with van der Waals surface area (Å²) in [5, 5.41) is 26.0. The molecule has 3 aliphatic carbocycles. The number of fused-ring (bicyclic) bond motifs is 3. The van der Waals surface area contributed by atoms with E-state index >= 15 is 0 Å². The standard InChI is InChI=1S/C22H40N2O3/c1-4-8-21(2)9-7-18-17(20(21)26)6-5-16-12-19(25)15(13-22(16,18)3)14-24-27-11-10-23/h14-20,25-26H,4-13,23H2,1-3H3/b24-14+/t15?,16-,17-,18+,19-,20+,21+,22+/m1/s1. The number of rotatable bonds is 6. The molecule has 5 heteroatoms. The maximum absolute atomic E-state index is 11.3. The second-order valence-electron chi connectivity index (χ2n) is 9.99. The summed E-state index contributed by atoms with van der Waals surface area (Å²) < 4.78 is 0. The highest BCUT2D eigenvalue weighted by Crippen LogP contribution is 2.62. The van der Waals surface area contributed by atoms with E-state index < -0.39 is 0 Å². The molecular weight excluding hydrogens is 340 g/mol. The fourth-order valence-electron chi connectivity index (χ4n) is 6.83. The third kappa shape index (κ3) is 3.92. The van der Waals surface area contributed by atoms with Crippen molar-refractivity contribution in [2.45, 2.75) is 84.3 Å². The van der Waals surface area contributed by atoms with E-state index in [9.17, 15) is 10.2 Å². The van der Waals surface area contributed by atoms with Gasteiger partial charge in [0.15, 0.2) is 0 Å². The summed E-state index contributed by atoms with van der Waals surface area (Å²) in [5.41, 5.74) is 5.68. The molecule has 3 rings (SSSR count). The summed E-state index contributed by atoms with van der Waals surface area (Å²) in [4.78, 5) is 5.17. The van der Waals surface area contributed by atoms with Gasteiger partial charge in [-0.15, -0.1) is 0 Å². The summed E-state index contributed by atoms with van der Waals surface area (Å²) >= 11 is 0. The normalized spacial score (nSPS) is 47.5. The summed E-state index contributed by atoms with van der Waals surface area (Å²) in [6.07, 6.45) is 9.85. The minimum Gasteiger partial charge on any atom is -0.395 e. The van der Waals surface area contributed by atoms with Crippen LogP contribution in [0, 0.1) is 34.5 Å². The van der Waals surface area contributed by atoms with Crippen molar-refractivity contribution in [2.24, 2.45) is 45.4 Å². The first-order chi connectivity index (χ1) is 12.9. The van der Waals surface area contributed by atoms with Crippen LogP contribution in [0.25, 0.3) is 0 Å². The Morgan fingerprint density at radius 3 is 2.70 bits per heavy atom. The first kappa shape index (κ1) is 21.1. The molecule has 0 saturated heterocycles. The van der Waals surface area contributed by atoms with Gasteiger partial charge in [0.05, 0.1) is 12.2 Å². The molecule has 3 aliphatic rings. The number of nitrogens with two attached hydrogens (primary N) is 1. The molecular formula is C22H40N2O3. The van der Waals surface area contributed by atoms with Crippen molar-refractivity contribution in [3.8, 4) is 0 Å². The number of hydrogen-bond acceptors (Lipinski definition) is 5. The van der Waals surface area contributed by atoms with Crippen LogP contribution in [0.4, 0.5) is 0 Å². The van der Waals surface area contributed by atoms with Crippen LogP contribution in [0.3, 0.4) is 0 Å². The predicted molar refractivity (Wildman–Crippen MR) is 108 cm³/mol. The maximum Gasteiger partial charge on any atom is 0.129 e. The van der Waals surface area contributed by atoms with E-state index in [0.29, 0.717) is 30.9 Å². The Morgan fingerprint density at radius 1 is 1.22 bits per heavy atom. The highest BCUT2D eigenvalue weighted by molar-refractivity contribution is 5.61. The van der Waals surface area contributed by atoms with Crippen molar-refractivity contribution < 1.29 is 15.1 Å². The molecule has 3 saturated carbocycles. The molecule has 0 aromatic heterocycles. The average Bonchev–Trinajstić information content (AvgIpc) is 2.63. The van der Waals surface area contributed by atoms with Crippen molar-refractivity contribution in [3.05, 3.63) is 0 Å². The second-order valence-corrected chi connectivity index (χ2v) is 9.99.